The predicted molar refractivity (Wildman–Crippen MR) is 46.5 cm³/mol. The molecule has 2 aliphatic carbocycles. The molecule has 0 radical (unpaired) electrons. The average molecular weight is 160 g/mol. The van der Waals surface area contributed by atoms with Crippen LogP contribution < -0.4 is 0 Å². The Morgan fingerprint density at radius 3 is 2.00 bits per heavy atom. The summed E-state index contributed by atoms with van der Waals surface area (Å²) in [6.45, 7) is 0. The second-order valence-electron chi connectivity index (χ2n) is 3.58. The van der Waals surface area contributed by atoms with E-state index in [9.17, 15) is 5.11 Å². The molecule has 0 unspecified atom stereocenters. The molecule has 2 aliphatic rings. The normalized spacial score (nSPS) is 29.7. The first-order valence-electron chi connectivity index (χ1n) is 4.04. The van der Waals surface area contributed by atoms with Crippen LogP contribution in [-0.4, -0.2) is 10.7 Å². The molecule has 2 rings (SSSR count). The molecule has 0 atom stereocenters. The first kappa shape index (κ1) is 8.41. The lowest BCUT2D eigenvalue weighted by Crippen LogP contribution is -2.18. The highest BCUT2D eigenvalue weighted by molar-refractivity contribution is 7.59. The molecule has 0 aliphatic heterocycles. The lowest BCUT2D eigenvalue weighted by atomic mass is 9.99. The molecule has 0 spiro atoms. The summed E-state index contributed by atoms with van der Waals surface area (Å²) in [7, 11) is 0. The number of aliphatic hydroxyl groups is 1. The topological polar surface area (TPSA) is 20.2 Å². The van der Waals surface area contributed by atoms with Gasteiger partial charge in [0.25, 0.3) is 0 Å². The van der Waals surface area contributed by atoms with Crippen LogP contribution in [0.4, 0.5) is 0 Å². The van der Waals surface area contributed by atoms with Crippen molar-refractivity contribution in [3.05, 3.63) is 0 Å². The Hall–Kier alpha value is 0.310. The minimum Gasteiger partial charge on any atom is -0.390 e. The zero-order chi connectivity index (χ0) is 6.32. The number of rotatable bonds is 1. The maximum atomic E-state index is 9.63. The summed E-state index contributed by atoms with van der Waals surface area (Å²) < 4.78 is 0. The van der Waals surface area contributed by atoms with Gasteiger partial charge >= 0.3 is 0 Å². The van der Waals surface area contributed by atoms with E-state index in [2.05, 4.69) is 0 Å². The molecule has 1 N–H and O–H groups in total. The Balaban J connectivity index is 0.000000500. The highest BCUT2D eigenvalue weighted by atomic mass is 32.1. The Morgan fingerprint density at radius 1 is 1.10 bits per heavy atom. The summed E-state index contributed by atoms with van der Waals surface area (Å²) in [4.78, 5) is 0. The van der Waals surface area contributed by atoms with Crippen molar-refractivity contribution in [1.82, 2.24) is 0 Å². The van der Waals surface area contributed by atoms with E-state index in [1.165, 1.54) is 25.7 Å². The van der Waals surface area contributed by atoms with E-state index >= 15 is 0 Å². The van der Waals surface area contributed by atoms with Crippen LogP contribution in [0.15, 0.2) is 0 Å². The summed E-state index contributed by atoms with van der Waals surface area (Å²) >= 11 is 0. The zero-order valence-electron chi connectivity index (χ0n) is 6.27. The van der Waals surface area contributed by atoms with Crippen molar-refractivity contribution < 1.29 is 5.11 Å². The maximum Gasteiger partial charge on any atom is 0.0678 e. The van der Waals surface area contributed by atoms with Crippen molar-refractivity contribution in [2.45, 2.75) is 44.1 Å². The lowest BCUT2D eigenvalue weighted by molar-refractivity contribution is 0.0851. The molecule has 0 aromatic heterocycles. The van der Waals surface area contributed by atoms with Gasteiger partial charge < -0.3 is 5.11 Å². The molecule has 0 bridgehead atoms. The van der Waals surface area contributed by atoms with Crippen molar-refractivity contribution in [3.8, 4) is 0 Å². The highest BCUT2D eigenvalue weighted by Crippen LogP contribution is 2.48. The summed E-state index contributed by atoms with van der Waals surface area (Å²) in [5.41, 5.74) is -0.170. The van der Waals surface area contributed by atoms with Crippen LogP contribution >= 0.6 is 13.5 Å². The highest BCUT2D eigenvalue weighted by Gasteiger charge is 2.47. The van der Waals surface area contributed by atoms with Gasteiger partial charge in [0.1, 0.15) is 0 Å². The van der Waals surface area contributed by atoms with Gasteiger partial charge in [-0.3, -0.25) is 0 Å². The SMILES string of the molecule is OC1(C2CCCC2)CC1.S. The van der Waals surface area contributed by atoms with E-state index in [1.54, 1.807) is 0 Å². The number of hydrogen-bond donors (Lipinski definition) is 1. The van der Waals surface area contributed by atoms with E-state index in [1.807, 2.05) is 0 Å². The third-order valence-electron chi connectivity index (χ3n) is 2.88. The van der Waals surface area contributed by atoms with Gasteiger partial charge in [-0.2, -0.15) is 13.5 Å². The minimum absolute atomic E-state index is 0. The molecular weight excluding hydrogens is 144 g/mol. The van der Waals surface area contributed by atoms with Gasteiger partial charge in [-0.1, -0.05) is 12.8 Å². The summed E-state index contributed by atoms with van der Waals surface area (Å²) in [6, 6.07) is 0. The fourth-order valence-electron chi connectivity index (χ4n) is 2.00. The molecule has 10 heavy (non-hydrogen) atoms. The molecule has 0 heterocycles. The second kappa shape index (κ2) is 2.74. The van der Waals surface area contributed by atoms with E-state index in [0.717, 1.165) is 12.8 Å². The van der Waals surface area contributed by atoms with Gasteiger partial charge in [0.2, 0.25) is 0 Å². The van der Waals surface area contributed by atoms with Gasteiger partial charge in [0.15, 0.2) is 0 Å². The van der Waals surface area contributed by atoms with Crippen molar-refractivity contribution in [1.29, 1.82) is 0 Å². The molecule has 0 saturated heterocycles. The third kappa shape index (κ3) is 1.32. The quantitative estimate of drug-likeness (QED) is 0.620. The first-order chi connectivity index (χ1) is 4.31. The van der Waals surface area contributed by atoms with Crippen molar-refractivity contribution in [3.63, 3.8) is 0 Å². The van der Waals surface area contributed by atoms with E-state index in [-0.39, 0.29) is 19.1 Å². The van der Waals surface area contributed by atoms with E-state index < -0.39 is 0 Å². The van der Waals surface area contributed by atoms with Crippen molar-refractivity contribution in [2.75, 3.05) is 0 Å². The van der Waals surface area contributed by atoms with Gasteiger partial charge in [-0.05, 0) is 31.6 Å². The van der Waals surface area contributed by atoms with Gasteiger partial charge in [0, 0.05) is 0 Å². The Bertz CT molecular complexity index is 114. The van der Waals surface area contributed by atoms with Crippen molar-refractivity contribution in [2.24, 2.45) is 5.92 Å². The Kier molecular flexibility index (Phi) is 2.31. The first-order valence-corrected chi connectivity index (χ1v) is 4.04. The fourth-order valence-corrected chi connectivity index (χ4v) is 2.00. The van der Waals surface area contributed by atoms with Crippen LogP contribution in [0.2, 0.25) is 0 Å². The average Bonchev–Trinajstić information content (AvgIpc) is 2.46. The maximum absolute atomic E-state index is 9.63. The molecule has 2 saturated carbocycles. The monoisotopic (exact) mass is 160 g/mol. The second-order valence-corrected chi connectivity index (χ2v) is 3.58. The van der Waals surface area contributed by atoms with Crippen LogP contribution in [0.25, 0.3) is 0 Å². The van der Waals surface area contributed by atoms with Crippen molar-refractivity contribution >= 4 is 13.5 Å². The van der Waals surface area contributed by atoms with Gasteiger partial charge in [0.05, 0.1) is 5.60 Å². The lowest BCUT2D eigenvalue weighted by Gasteiger charge is -2.14. The van der Waals surface area contributed by atoms with Crippen LogP contribution in [0.1, 0.15) is 38.5 Å². The summed E-state index contributed by atoms with van der Waals surface area (Å²) in [5.74, 6) is 0.678. The summed E-state index contributed by atoms with van der Waals surface area (Å²) in [6.07, 6.45) is 7.45. The van der Waals surface area contributed by atoms with Crippen LogP contribution in [0.3, 0.4) is 0 Å². The van der Waals surface area contributed by atoms with Crippen LogP contribution in [0.5, 0.6) is 0 Å². The number of hydrogen-bond acceptors (Lipinski definition) is 1. The molecular formula is C8H16OS. The molecule has 0 aromatic rings. The van der Waals surface area contributed by atoms with Gasteiger partial charge in [-0.15, -0.1) is 0 Å². The van der Waals surface area contributed by atoms with E-state index in [0.29, 0.717) is 5.92 Å². The Morgan fingerprint density at radius 2 is 1.60 bits per heavy atom. The predicted octanol–water partition coefficient (Wildman–Crippen LogP) is 1.81. The zero-order valence-corrected chi connectivity index (χ0v) is 7.27. The third-order valence-corrected chi connectivity index (χ3v) is 2.88. The Labute approximate surface area is 69.3 Å². The largest absolute Gasteiger partial charge is 0.390 e. The molecule has 1 nitrogen and oxygen atoms in total. The standard InChI is InChI=1S/C8H14O.H2S/c9-8(5-6-8)7-3-1-2-4-7;/h7,9H,1-6H2;1H2. The van der Waals surface area contributed by atoms with E-state index in [4.69, 9.17) is 0 Å². The molecule has 2 heteroatoms. The molecule has 60 valence electrons. The van der Waals surface area contributed by atoms with Crippen LogP contribution in [0, 0.1) is 5.92 Å². The van der Waals surface area contributed by atoms with Gasteiger partial charge in [-0.25, -0.2) is 0 Å². The van der Waals surface area contributed by atoms with Crippen LogP contribution in [-0.2, 0) is 0 Å². The smallest absolute Gasteiger partial charge is 0.0678 e. The fraction of sp³-hybridized carbons (Fsp3) is 1.00. The molecule has 0 aromatic carbocycles. The summed E-state index contributed by atoms with van der Waals surface area (Å²) in [5, 5.41) is 9.63. The molecule has 2 fully saturated rings. The molecule has 0 amide bonds. The minimum atomic E-state index is -0.170.